The Morgan fingerprint density at radius 3 is 2.85 bits per heavy atom. The summed E-state index contributed by atoms with van der Waals surface area (Å²) < 4.78 is 0. The van der Waals surface area contributed by atoms with E-state index in [0.29, 0.717) is 10.3 Å². The molecule has 0 aliphatic rings. The zero-order valence-corrected chi connectivity index (χ0v) is 8.73. The third-order valence-corrected chi connectivity index (χ3v) is 1.98. The van der Waals surface area contributed by atoms with Gasteiger partial charge in [-0.05, 0) is 19.2 Å². The number of hydrogen-bond donors (Lipinski definition) is 1. The van der Waals surface area contributed by atoms with E-state index in [4.69, 9.17) is 23.2 Å². The highest BCUT2D eigenvalue weighted by atomic mass is 35.5. The lowest BCUT2D eigenvalue weighted by molar-refractivity contribution is 0.922. The van der Waals surface area contributed by atoms with E-state index < -0.39 is 0 Å². The molecule has 0 saturated carbocycles. The van der Waals surface area contributed by atoms with Crippen LogP contribution in [0.4, 0.5) is 0 Å². The topological polar surface area (TPSA) is 24.9 Å². The van der Waals surface area contributed by atoms with E-state index in [9.17, 15) is 0 Å². The Bertz CT molecular complexity index is 310. The highest BCUT2D eigenvalue weighted by Crippen LogP contribution is 2.17. The van der Waals surface area contributed by atoms with E-state index in [1.165, 1.54) is 0 Å². The van der Waals surface area contributed by atoms with Gasteiger partial charge in [-0.2, -0.15) is 0 Å². The van der Waals surface area contributed by atoms with E-state index in [0.717, 1.165) is 12.1 Å². The van der Waals surface area contributed by atoms with Gasteiger partial charge in [0, 0.05) is 12.1 Å². The van der Waals surface area contributed by atoms with Crippen LogP contribution in [0.5, 0.6) is 0 Å². The van der Waals surface area contributed by atoms with Crippen LogP contribution in [0.2, 0.25) is 10.3 Å². The maximum absolute atomic E-state index is 5.84. The Morgan fingerprint density at radius 2 is 2.23 bits per heavy atom. The monoisotopic (exact) mass is 216 g/mol. The second-order valence-electron chi connectivity index (χ2n) is 2.47. The number of pyridine rings is 1. The van der Waals surface area contributed by atoms with E-state index >= 15 is 0 Å². The molecule has 1 rings (SSSR count). The molecule has 0 amide bonds. The number of aromatic nitrogens is 1. The van der Waals surface area contributed by atoms with Gasteiger partial charge in [-0.1, -0.05) is 35.4 Å². The number of nitrogens with zero attached hydrogens (tertiary/aromatic N) is 1. The van der Waals surface area contributed by atoms with Gasteiger partial charge in [0.1, 0.15) is 10.3 Å². The summed E-state index contributed by atoms with van der Waals surface area (Å²) in [6.07, 6.45) is 3.87. The Morgan fingerprint density at radius 1 is 1.46 bits per heavy atom. The van der Waals surface area contributed by atoms with Gasteiger partial charge in [0.25, 0.3) is 0 Å². The minimum atomic E-state index is 0.413. The van der Waals surface area contributed by atoms with Crippen molar-refractivity contribution in [3.63, 3.8) is 0 Å². The quantitative estimate of drug-likeness (QED) is 0.787. The Labute approximate surface area is 87.6 Å². The van der Waals surface area contributed by atoms with Crippen LogP contribution in [0.15, 0.2) is 18.2 Å². The zero-order chi connectivity index (χ0) is 9.68. The number of nitrogens with one attached hydrogen (secondary N) is 1. The van der Waals surface area contributed by atoms with E-state index in [2.05, 4.69) is 10.3 Å². The second kappa shape index (κ2) is 5.22. The second-order valence-corrected chi connectivity index (χ2v) is 3.22. The summed E-state index contributed by atoms with van der Waals surface area (Å²) in [5, 5.41) is 3.84. The molecule has 0 fully saturated rings. The van der Waals surface area contributed by atoms with Crippen molar-refractivity contribution in [2.75, 3.05) is 13.6 Å². The SMILES string of the molecule is CNCC=Cc1ccc(Cl)nc1Cl. The lowest BCUT2D eigenvalue weighted by Gasteiger charge is -1.97. The molecule has 1 heterocycles. The van der Waals surface area contributed by atoms with Crippen LogP contribution in [0.3, 0.4) is 0 Å². The standard InChI is InChI=1S/C9H10Cl2N2/c1-12-6-2-3-7-4-5-8(10)13-9(7)11/h2-5,12H,6H2,1H3. The average molecular weight is 217 g/mol. The largest absolute Gasteiger partial charge is 0.316 e. The van der Waals surface area contributed by atoms with Crippen LogP contribution in [-0.4, -0.2) is 18.6 Å². The number of halogens is 2. The molecule has 1 aromatic rings. The molecule has 70 valence electrons. The number of hydrogen-bond acceptors (Lipinski definition) is 2. The minimum absolute atomic E-state index is 0.413. The predicted molar refractivity (Wildman–Crippen MR) is 57.2 cm³/mol. The first-order valence-electron chi connectivity index (χ1n) is 3.87. The number of rotatable bonds is 3. The fraction of sp³-hybridized carbons (Fsp3) is 0.222. The summed E-state index contributed by atoms with van der Waals surface area (Å²) in [7, 11) is 1.88. The molecule has 1 N–H and O–H groups in total. The molecule has 0 aliphatic carbocycles. The van der Waals surface area contributed by atoms with Crippen LogP contribution in [0.25, 0.3) is 6.08 Å². The molecule has 4 heteroatoms. The first-order valence-corrected chi connectivity index (χ1v) is 4.63. The van der Waals surface area contributed by atoms with Crippen LogP contribution < -0.4 is 5.32 Å². The molecular formula is C9H10Cl2N2. The molecule has 0 aliphatic heterocycles. The van der Waals surface area contributed by atoms with Gasteiger partial charge in [0.15, 0.2) is 0 Å². The molecule has 0 unspecified atom stereocenters. The van der Waals surface area contributed by atoms with Crippen molar-refractivity contribution in [3.8, 4) is 0 Å². The summed E-state index contributed by atoms with van der Waals surface area (Å²) in [5.41, 5.74) is 0.876. The smallest absolute Gasteiger partial charge is 0.138 e. The molecule has 0 aromatic carbocycles. The molecule has 1 aromatic heterocycles. The van der Waals surface area contributed by atoms with Crippen molar-refractivity contribution in [1.29, 1.82) is 0 Å². The molecule has 0 spiro atoms. The van der Waals surface area contributed by atoms with E-state index in [1.807, 2.05) is 25.3 Å². The third kappa shape index (κ3) is 3.35. The maximum atomic E-state index is 5.84. The first kappa shape index (κ1) is 10.5. The summed E-state index contributed by atoms with van der Waals surface area (Å²) >= 11 is 11.5. The summed E-state index contributed by atoms with van der Waals surface area (Å²) in [4.78, 5) is 3.91. The fourth-order valence-electron chi connectivity index (χ4n) is 0.851. The lowest BCUT2D eigenvalue weighted by atomic mass is 10.2. The molecule has 0 atom stereocenters. The van der Waals surface area contributed by atoms with Crippen LogP contribution >= 0.6 is 23.2 Å². The predicted octanol–water partition coefficient (Wildman–Crippen LogP) is 2.62. The summed E-state index contributed by atoms with van der Waals surface area (Å²) in [5.74, 6) is 0. The fourth-order valence-corrected chi connectivity index (χ4v) is 1.26. The summed E-state index contributed by atoms with van der Waals surface area (Å²) in [6, 6.07) is 3.55. The highest BCUT2D eigenvalue weighted by molar-refractivity contribution is 6.33. The highest BCUT2D eigenvalue weighted by Gasteiger charge is 1.97. The van der Waals surface area contributed by atoms with Crippen LogP contribution in [-0.2, 0) is 0 Å². The molecule has 0 bridgehead atoms. The summed E-state index contributed by atoms with van der Waals surface area (Å²) in [6.45, 7) is 0.805. The zero-order valence-electron chi connectivity index (χ0n) is 7.22. The van der Waals surface area contributed by atoms with Crippen LogP contribution in [0, 0.1) is 0 Å². The van der Waals surface area contributed by atoms with Crippen molar-refractivity contribution in [3.05, 3.63) is 34.1 Å². The maximum Gasteiger partial charge on any atom is 0.138 e. The van der Waals surface area contributed by atoms with Crippen molar-refractivity contribution in [2.45, 2.75) is 0 Å². The van der Waals surface area contributed by atoms with Gasteiger partial charge in [0.05, 0.1) is 0 Å². The molecule has 2 nitrogen and oxygen atoms in total. The van der Waals surface area contributed by atoms with E-state index in [-0.39, 0.29) is 0 Å². The van der Waals surface area contributed by atoms with Gasteiger partial charge in [-0.3, -0.25) is 0 Å². The minimum Gasteiger partial charge on any atom is -0.316 e. The Balaban J connectivity index is 2.77. The van der Waals surface area contributed by atoms with Crippen molar-refractivity contribution in [1.82, 2.24) is 10.3 Å². The number of likely N-dealkylation sites (N-methyl/N-ethyl adjacent to an activating group) is 1. The van der Waals surface area contributed by atoms with Gasteiger partial charge in [0.2, 0.25) is 0 Å². The van der Waals surface area contributed by atoms with Crippen LogP contribution in [0.1, 0.15) is 5.56 Å². The third-order valence-electron chi connectivity index (χ3n) is 1.46. The normalized spacial score (nSPS) is 11.0. The van der Waals surface area contributed by atoms with Crippen molar-refractivity contribution >= 4 is 29.3 Å². The lowest BCUT2D eigenvalue weighted by Crippen LogP contribution is -2.03. The van der Waals surface area contributed by atoms with Crippen molar-refractivity contribution in [2.24, 2.45) is 0 Å². The van der Waals surface area contributed by atoms with Gasteiger partial charge in [-0.25, -0.2) is 4.98 Å². The Kier molecular flexibility index (Phi) is 4.22. The Hall–Kier alpha value is -0.570. The first-order chi connectivity index (χ1) is 6.24. The van der Waals surface area contributed by atoms with Crippen molar-refractivity contribution < 1.29 is 0 Å². The van der Waals surface area contributed by atoms with E-state index in [1.54, 1.807) is 6.07 Å². The molecule has 13 heavy (non-hydrogen) atoms. The molecule has 0 radical (unpaired) electrons. The van der Waals surface area contributed by atoms with Gasteiger partial charge >= 0.3 is 0 Å². The average Bonchev–Trinajstić information content (AvgIpc) is 2.09. The van der Waals surface area contributed by atoms with Gasteiger partial charge in [-0.15, -0.1) is 0 Å². The molecule has 0 saturated heterocycles. The van der Waals surface area contributed by atoms with Gasteiger partial charge < -0.3 is 5.32 Å². The molecular weight excluding hydrogens is 207 g/mol.